The normalized spacial score (nSPS) is 17.5. The van der Waals surface area contributed by atoms with E-state index in [2.05, 4.69) is 0 Å². The Hall–Kier alpha value is -3.35. The molecule has 2 atom stereocenters. The molecule has 3 aromatic carbocycles. The van der Waals surface area contributed by atoms with Gasteiger partial charge in [0.05, 0.1) is 33.7 Å². The van der Waals surface area contributed by atoms with Crippen molar-refractivity contribution < 1.29 is 14.3 Å². The summed E-state index contributed by atoms with van der Waals surface area (Å²) in [7, 11) is 0. The summed E-state index contributed by atoms with van der Waals surface area (Å²) in [6, 6.07) is 22.0. The van der Waals surface area contributed by atoms with Crippen molar-refractivity contribution >= 4 is 52.1 Å². The van der Waals surface area contributed by atoms with E-state index in [4.69, 9.17) is 32.9 Å². The second-order valence-corrected chi connectivity index (χ2v) is 9.16. The highest BCUT2D eigenvalue weighted by Crippen LogP contribution is 2.42. The molecule has 0 spiro atoms. The van der Waals surface area contributed by atoms with Gasteiger partial charge in [-0.25, -0.2) is 4.98 Å². The Labute approximate surface area is 213 Å². The number of halogens is 2. The lowest BCUT2D eigenvalue weighted by atomic mass is 9.89. The van der Waals surface area contributed by atoms with Gasteiger partial charge in [-0.15, -0.1) is 0 Å². The maximum Gasteiger partial charge on any atom is 0.321 e. The van der Waals surface area contributed by atoms with Crippen molar-refractivity contribution in [2.45, 2.75) is 19.4 Å². The highest BCUT2D eigenvalue weighted by Gasteiger charge is 2.47. The molecule has 0 radical (unpaired) electrons. The van der Waals surface area contributed by atoms with Crippen LogP contribution in [0.5, 0.6) is 0 Å². The number of rotatable bonds is 6. The van der Waals surface area contributed by atoms with Crippen LogP contribution in [0.4, 0.5) is 5.95 Å². The summed E-state index contributed by atoms with van der Waals surface area (Å²) >= 11 is 12.5. The third-order valence-electron chi connectivity index (χ3n) is 6.24. The van der Waals surface area contributed by atoms with Crippen molar-refractivity contribution in [3.05, 3.63) is 94.0 Å². The highest BCUT2D eigenvalue weighted by molar-refractivity contribution is 6.42. The molecule has 0 saturated carbocycles. The van der Waals surface area contributed by atoms with Crippen molar-refractivity contribution in [2.24, 2.45) is 5.92 Å². The Bertz CT molecular complexity index is 1400. The zero-order chi connectivity index (χ0) is 24.5. The van der Waals surface area contributed by atoms with E-state index in [0.717, 1.165) is 16.6 Å². The van der Waals surface area contributed by atoms with Crippen molar-refractivity contribution in [2.75, 3.05) is 18.1 Å². The number of esters is 1. The Balaban J connectivity index is 1.69. The van der Waals surface area contributed by atoms with Gasteiger partial charge in [-0.2, -0.15) is 0 Å². The molecule has 0 aliphatic carbocycles. The summed E-state index contributed by atoms with van der Waals surface area (Å²) in [4.78, 5) is 33.6. The van der Waals surface area contributed by atoms with Gasteiger partial charge in [0.2, 0.25) is 11.9 Å². The molecule has 178 valence electrons. The van der Waals surface area contributed by atoms with E-state index in [0.29, 0.717) is 34.5 Å². The molecule has 2 heterocycles. The lowest BCUT2D eigenvalue weighted by molar-refractivity contribution is -0.153. The molecular weight excluding hydrogens is 485 g/mol. The van der Waals surface area contributed by atoms with Crippen LogP contribution in [0.25, 0.3) is 11.0 Å². The first-order valence-electron chi connectivity index (χ1n) is 11.4. The summed E-state index contributed by atoms with van der Waals surface area (Å²) in [6.07, 6.45) is 0.614. The van der Waals surface area contributed by atoms with Gasteiger partial charge in [0.25, 0.3) is 0 Å². The molecule has 0 N–H and O–H groups in total. The Morgan fingerprint density at radius 3 is 2.49 bits per heavy atom. The van der Waals surface area contributed by atoms with Gasteiger partial charge >= 0.3 is 5.97 Å². The Kier molecular flexibility index (Phi) is 6.50. The third kappa shape index (κ3) is 4.28. The number of anilines is 1. The number of fused-ring (bicyclic) bond motifs is 3. The molecule has 1 aliphatic rings. The number of nitrogens with zero attached hydrogens (tertiary/aromatic N) is 3. The summed E-state index contributed by atoms with van der Waals surface area (Å²) in [5.41, 5.74) is 3.31. The van der Waals surface area contributed by atoms with E-state index < -0.39 is 17.9 Å². The molecule has 1 aliphatic heterocycles. The fraction of sp³-hybridized carbons (Fsp3) is 0.222. The van der Waals surface area contributed by atoms with Gasteiger partial charge in [0.1, 0.15) is 0 Å². The summed E-state index contributed by atoms with van der Waals surface area (Å²) in [5.74, 6) is -1.54. The number of hydrogen-bond acceptors (Lipinski definition) is 4. The Morgan fingerprint density at radius 1 is 1.00 bits per heavy atom. The van der Waals surface area contributed by atoms with E-state index in [9.17, 15) is 9.59 Å². The number of imidazole rings is 1. The van der Waals surface area contributed by atoms with Crippen LogP contribution >= 0.6 is 23.2 Å². The molecule has 5 rings (SSSR count). The van der Waals surface area contributed by atoms with Crippen molar-refractivity contribution in [3.63, 3.8) is 0 Å². The second-order valence-electron chi connectivity index (χ2n) is 8.34. The molecule has 0 fully saturated rings. The summed E-state index contributed by atoms with van der Waals surface area (Å²) < 4.78 is 7.34. The van der Waals surface area contributed by atoms with Crippen LogP contribution in [0, 0.1) is 5.92 Å². The van der Waals surface area contributed by atoms with Gasteiger partial charge in [0.15, 0.2) is 5.92 Å². The molecule has 0 bridgehead atoms. The van der Waals surface area contributed by atoms with Crippen LogP contribution < -0.4 is 4.90 Å². The first-order chi connectivity index (χ1) is 17.0. The number of hydrogen-bond donors (Lipinski definition) is 0. The minimum absolute atomic E-state index is 0.165. The summed E-state index contributed by atoms with van der Waals surface area (Å²) in [6.45, 7) is 2.26. The zero-order valence-corrected chi connectivity index (χ0v) is 20.5. The fourth-order valence-corrected chi connectivity index (χ4v) is 4.95. The zero-order valence-electron chi connectivity index (χ0n) is 19.0. The van der Waals surface area contributed by atoms with Gasteiger partial charge in [-0.05, 0) is 48.7 Å². The number of carbonyl (C=O) groups is 2. The predicted octanol–water partition coefficient (Wildman–Crippen LogP) is 5.70. The smallest absolute Gasteiger partial charge is 0.321 e. The number of amides is 1. The molecule has 4 aromatic rings. The topological polar surface area (TPSA) is 64.4 Å². The standard InChI is InChI=1S/C27H23Cl2N3O3/c1-2-35-26(34)23-24(18-12-13-19(28)20(29)16-18)32-22-11-7-6-10-21(22)30-27(32)31(25(23)33)15-14-17-8-4-3-5-9-17/h3-13,16,23-24H,2,14-15H2,1H3/t23-,24-/m1/s1. The lowest BCUT2D eigenvalue weighted by Gasteiger charge is -2.38. The Morgan fingerprint density at radius 2 is 1.74 bits per heavy atom. The summed E-state index contributed by atoms with van der Waals surface area (Å²) in [5, 5.41) is 0.738. The minimum Gasteiger partial charge on any atom is -0.465 e. The first kappa shape index (κ1) is 23.4. The van der Waals surface area contributed by atoms with Crippen LogP contribution in [0.3, 0.4) is 0 Å². The molecule has 35 heavy (non-hydrogen) atoms. The van der Waals surface area contributed by atoms with Crippen LogP contribution in [0.2, 0.25) is 10.0 Å². The number of carbonyl (C=O) groups excluding carboxylic acids is 2. The highest BCUT2D eigenvalue weighted by atomic mass is 35.5. The van der Waals surface area contributed by atoms with E-state index >= 15 is 0 Å². The average Bonchev–Trinajstić information content (AvgIpc) is 3.24. The lowest BCUT2D eigenvalue weighted by Crippen LogP contribution is -2.50. The monoisotopic (exact) mass is 507 g/mol. The van der Waals surface area contributed by atoms with Crippen molar-refractivity contribution in [1.82, 2.24) is 9.55 Å². The largest absolute Gasteiger partial charge is 0.465 e. The predicted molar refractivity (Wildman–Crippen MR) is 137 cm³/mol. The van der Waals surface area contributed by atoms with Crippen LogP contribution in [0.15, 0.2) is 72.8 Å². The molecular formula is C27H23Cl2N3O3. The van der Waals surface area contributed by atoms with Gasteiger partial charge < -0.3 is 9.30 Å². The maximum absolute atomic E-state index is 14.0. The third-order valence-corrected chi connectivity index (χ3v) is 6.98. The molecule has 6 nitrogen and oxygen atoms in total. The van der Waals surface area contributed by atoms with E-state index in [1.165, 1.54) is 0 Å². The van der Waals surface area contributed by atoms with Crippen molar-refractivity contribution in [3.8, 4) is 0 Å². The van der Waals surface area contributed by atoms with Gasteiger partial charge in [-0.3, -0.25) is 14.5 Å². The minimum atomic E-state index is -1.10. The van der Waals surface area contributed by atoms with Crippen LogP contribution in [-0.4, -0.2) is 34.6 Å². The van der Waals surface area contributed by atoms with E-state index in [-0.39, 0.29) is 12.5 Å². The fourth-order valence-electron chi connectivity index (χ4n) is 4.64. The van der Waals surface area contributed by atoms with Gasteiger partial charge in [0, 0.05) is 6.54 Å². The molecule has 1 aromatic heterocycles. The average molecular weight is 508 g/mol. The van der Waals surface area contributed by atoms with E-state index in [1.807, 2.05) is 59.2 Å². The first-order valence-corrected chi connectivity index (χ1v) is 12.2. The molecule has 0 saturated heterocycles. The number of ether oxygens (including phenoxy) is 1. The molecule has 0 unspecified atom stereocenters. The van der Waals surface area contributed by atoms with Gasteiger partial charge in [-0.1, -0.05) is 71.7 Å². The number of benzene rings is 3. The number of para-hydroxylation sites is 2. The quantitative estimate of drug-likeness (QED) is 0.248. The maximum atomic E-state index is 14.0. The molecule has 8 heteroatoms. The number of aromatic nitrogens is 2. The van der Waals surface area contributed by atoms with Crippen LogP contribution in [0.1, 0.15) is 24.1 Å². The molecule has 1 amide bonds. The van der Waals surface area contributed by atoms with Crippen molar-refractivity contribution in [1.29, 1.82) is 0 Å². The van der Waals surface area contributed by atoms with E-state index in [1.54, 1.807) is 30.0 Å². The van der Waals surface area contributed by atoms with Crippen LogP contribution in [-0.2, 0) is 20.7 Å². The SMILES string of the molecule is CCOC(=O)[C@H]1C(=O)N(CCc2ccccc2)c2nc3ccccc3n2[C@@H]1c1ccc(Cl)c(Cl)c1. The second kappa shape index (κ2) is 9.72.